The van der Waals surface area contributed by atoms with Gasteiger partial charge in [-0.25, -0.2) is 0 Å². The van der Waals surface area contributed by atoms with Crippen molar-refractivity contribution in [3.05, 3.63) is 0 Å². The average molecular weight is 310 g/mol. The summed E-state index contributed by atoms with van der Waals surface area (Å²) < 4.78 is 41.7. The van der Waals surface area contributed by atoms with Crippen molar-refractivity contribution in [1.29, 1.82) is 0 Å². The first-order chi connectivity index (χ1) is 9.24. The van der Waals surface area contributed by atoms with E-state index in [4.69, 9.17) is 14.0 Å². The van der Waals surface area contributed by atoms with Gasteiger partial charge in [0.05, 0.1) is 25.7 Å². The van der Waals surface area contributed by atoms with Crippen LogP contribution in [0.25, 0.3) is 0 Å². The number of quaternary nitrogens is 1. The second-order valence-corrected chi connectivity index (χ2v) is 7.03. The Morgan fingerprint density at radius 3 is 2.40 bits per heavy atom. The third-order valence-electron chi connectivity index (χ3n) is 3.52. The van der Waals surface area contributed by atoms with E-state index >= 15 is 0 Å². The van der Waals surface area contributed by atoms with Gasteiger partial charge in [0.1, 0.15) is 32.0 Å². The highest BCUT2D eigenvalue weighted by molar-refractivity contribution is 7.85. The zero-order valence-corrected chi connectivity index (χ0v) is 12.9. The molecule has 0 bridgehead atoms. The molecule has 1 saturated heterocycles. The molecule has 118 valence electrons. The summed E-state index contributed by atoms with van der Waals surface area (Å²) in [6.45, 7) is 7.04. The van der Waals surface area contributed by atoms with Crippen molar-refractivity contribution in [3.63, 3.8) is 0 Å². The van der Waals surface area contributed by atoms with Crippen LogP contribution in [0.4, 0.5) is 0 Å². The van der Waals surface area contributed by atoms with E-state index < -0.39 is 10.1 Å². The van der Waals surface area contributed by atoms with E-state index in [-0.39, 0.29) is 24.2 Å². The molecule has 0 aromatic rings. The molecule has 0 saturated carbocycles. The van der Waals surface area contributed by atoms with Crippen LogP contribution in [0.5, 0.6) is 0 Å². The van der Waals surface area contributed by atoms with E-state index in [0.717, 1.165) is 0 Å². The lowest BCUT2D eigenvalue weighted by Crippen LogP contribution is -2.58. The Kier molecular flexibility index (Phi) is 6.38. The molecule has 0 aromatic heterocycles. The average Bonchev–Trinajstić information content (AvgIpc) is 2.37. The number of morpholine rings is 1. The van der Waals surface area contributed by atoms with Crippen LogP contribution in [0, 0.1) is 5.92 Å². The van der Waals surface area contributed by atoms with Crippen molar-refractivity contribution in [2.75, 3.05) is 51.8 Å². The van der Waals surface area contributed by atoms with Crippen molar-refractivity contribution in [2.45, 2.75) is 13.8 Å². The standard InChI is InChI=1S/C12H23NO6S/c1-11(2)12(14)19-9-5-13(3-7-18-8-4-13)6-10-20(15,16)17/h11H,3-10H2,1-2H3/p+1. The van der Waals surface area contributed by atoms with Gasteiger partial charge < -0.3 is 14.0 Å². The molecule has 8 heteroatoms. The first kappa shape index (κ1) is 17.4. The minimum absolute atomic E-state index is 0.175. The number of carbonyl (C=O) groups excluding carboxylic acids is 1. The second-order valence-electron chi connectivity index (χ2n) is 5.46. The van der Waals surface area contributed by atoms with Crippen LogP contribution < -0.4 is 0 Å². The van der Waals surface area contributed by atoms with Crippen LogP contribution in [0.15, 0.2) is 0 Å². The number of nitrogens with zero attached hydrogens (tertiary/aromatic N) is 1. The third kappa shape index (κ3) is 6.17. The highest BCUT2D eigenvalue weighted by Crippen LogP contribution is 2.12. The largest absolute Gasteiger partial charge is 0.459 e. The summed E-state index contributed by atoms with van der Waals surface area (Å²) in [7, 11) is -3.98. The molecule has 20 heavy (non-hydrogen) atoms. The number of carbonyl (C=O) groups is 1. The fourth-order valence-corrected chi connectivity index (χ4v) is 2.72. The topological polar surface area (TPSA) is 89.9 Å². The minimum Gasteiger partial charge on any atom is -0.459 e. The molecule has 1 aliphatic rings. The van der Waals surface area contributed by atoms with Gasteiger partial charge in [-0.2, -0.15) is 8.42 Å². The minimum atomic E-state index is -3.98. The number of ether oxygens (including phenoxy) is 2. The van der Waals surface area contributed by atoms with Crippen LogP contribution in [0.3, 0.4) is 0 Å². The van der Waals surface area contributed by atoms with E-state index in [9.17, 15) is 13.2 Å². The Morgan fingerprint density at radius 2 is 1.90 bits per heavy atom. The Labute approximate surface area is 120 Å². The van der Waals surface area contributed by atoms with Crippen molar-refractivity contribution in [2.24, 2.45) is 5.92 Å². The van der Waals surface area contributed by atoms with E-state index in [0.29, 0.717) is 43.9 Å². The molecule has 1 aliphatic heterocycles. The SMILES string of the molecule is CC(C)C(=O)OCC[N+]1(CCS(=O)(=O)O)CCOCC1. The molecule has 0 amide bonds. The first-order valence-electron chi connectivity index (χ1n) is 6.79. The zero-order valence-electron chi connectivity index (χ0n) is 12.1. The first-order valence-corrected chi connectivity index (χ1v) is 8.40. The molecule has 1 rings (SSSR count). The van der Waals surface area contributed by atoms with E-state index in [1.807, 2.05) is 0 Å². The highest BCUT2D eigenvalue weighted by Gasteiger charge is 2.32. The molecule has 0 spiro atoms. The molecule has 1 N–H and O–H groups in total. The van der Waals surface area contributed by atoms with Crippen molar-refractivity contribution < 1.29 is 31.7 Å². The predicted octanol–water partition coefficient (Wildman–Crippen LogP) is -0.0796. The summed E-state index contributed by atoms with van der Waals surface area (Å²) >= 11 is 0. The summed E-state index contributed by atoms with van der Waals surface area (Å²) in [6, 6.07) is 0. The van der Waals surface area contributed by atoms with Gasteiger partial charge in [0.25, 0.3) is 10.1 Å². The van der Waals surface area contributed by atoms with Crippen LogP contribution in [-0.2, 0) is 24.4 Å². The number of hydrogen-bond acceptors (Lipinski definition) is 5. The highest BCUT2D eigenvalue weighted by atomic mass is 32.2. The maximum atomic E-state index is 11.4. The molecule has 7 nitrogen and oxygen atoms in total. The van der Waals surface area contributed by atoms with Gasteiger partial charge in [0, 0.05) is 0 Å². The van der Waals surface area contributed by atoms with Crippen LogP contribution in [0.2, 0.25) is 0 Å². The Hall–Kier alpha value is -0.700. The van der Waals surface area contributed by atoms with Crippen molar-refractivity contribution in [1.82, 2.24) is 0 Å². The molecular weight excluding hydrogens is 286 g/mol. The van der Waals surface area contributed by atoms with Gasteiger partial charge in [-0.1, -0.05) is 13.8 Å². The predicted molar refractivity (Wildman–Crippen MR) is 72.8 cm³/mol. The summed E-state index contributed by atoms with van der Waals surface area (Å²) in [4.78, 5) is 11.4. The van der Waals surface area contributed by atoms with Crippen LogP contribution in [-0.4, -0.2) is 75.2 Å². The lowest BCUT2D eigenvalue weighted by atomic mass is 10.2. The second kappa shape index (κ2) is 7.35. The maximum absolute atomic E-state index is 11.4. The normalized spacial score (nSPS) is 19.0. The molecular formula is C12H24NO6S+. The van der Waals surface area contributed by atoms with Gasteiger partial charge in [0.15, 0.2) is 0 Å². The summed E-state index contributed by atoms with van der Waals surface area (Å²) in [5, 5.41) is 0. The lowest BCUT2D eigenvalue weighted by molar-refractivity contribution is -0.933. The van der Waals surface area contributed by atoms with E-state index in [1.165, 1.54) is 0 Å². The summed E-state index contributed by atoms with van der Waals surface area (Å²) in [6.07, 6.45) is 0. The molecule has 0 atom stereocenters. The molecule has 1 fully saturated rings. The Morgan fingerprint density at radius 1 is 1.30 bits per heavy atom. The van der Waals surface area contributed by atoms with Crippen LogP contribution >= 0.6 is 0 Å². The van der Waals surface area contributed by atoms with Gasteiger partial charge in [-0.15, -0.1) is 0 Å². The zero-order chi connectivity index (χ0) is 15.2. The van der Waals surface area contributed by atoms with Crippen molar-refractivity contribution in [3.8, 4) is 0 Å². The van der Waals surface area contributed by atoms with Gasteiger partial charge in [0.2, 0.25) is 0 Å². The number of rotatable bonds is 7. The number of hydrogen-bond donors (Lipinski definition) is 1. The van der Waals surface area contributed by atoms with Crippen LogP contribution in [0.1, 0.15) is 13.8 Å². The van der Waals surface area contributed by atoms with Gasteiger partial charge in [-0.05, 0) is 0 Å². The third-order valence-corrected chi connectivity index (χ3v) is 4.22. The monoisotopic (exact) mass is 310 g/mol. The smallest absolute Gasteiger partial charge is 0.308 e. The van der Waals surface area contributed by atoms with E-state index in [2.05, 4.69) is 0 Å². The lowest BCUT2D eigenvalue weighted by Gasteiger charge is -2.40. The number of esters is 1. The fourth-order valence-electron chi connectivity index (χ4n) is 2.10. The molecule has 0 aliphatic carbocycles. The van der Waals surface area contributed by atoms with E-state index in [1.54, 1.807) is 13.8 Å². The van der Waals surface area contributed by atoms with Gasteiger partial charge in [-0.3, -0.25) is 9.35 Å². The quantitative estimate of drug-likeness (QED) is 0.402. The fraction of sp³-hybridized carbons (Fsp3) is 0.917. The summed E-state index contributed by atoms with van der Waals surface area (Å²) in [5.74, 6) is -0.720. The van der Waals surface area contributed by atoms with Crippen molar-refractivity contribution >= 4 is 16.1 Å². The summed E-state index contributed by atoms with van der Waals surface area (Å²) in [5.41, 5.74) is 0. The van der Waals surface area contributed by atoms with Gasteiger partial charge >= 0.3 is 5.97 Å². The molecule has 0 unspecified atom stereocenters. The molecule has 0 radical (unpaired) electrons. The maximum Gasteiger partial charge on any atom is 0.308 e. The molecule has 0 aromatic carbocycles. The molecule has 1 heterocycles. The Balaban J connectivity index is 2.53. The Bertz CT molecular complexity index is 414.